The number of benzene rings is 1. The molecule has 2 unspecified atom stereocenters. The van der Waals surface area contributed by atoms with Gasteiger partial charge in [-0.3, -0.25) is 0 Å². The molecule has 0 radical (unpaired) electrons. The fraction of sp³-hybridized carbons (Fsp3) is 0.238. The van der Waals surface area contributed by atoms with E-state index < -0.39 is 11.5 Å². The lowest BCUT2D eigenvalue weighted by atomic mass is 9.81. The SMILES string of the molecule is NC1=NC2(c3cccc(-c4cccnc4F)c3)CN(c3ncccn3)CC2CS1. The van der Waals surface area contributed by atoms with Crippen LogP contribution < -0.4 is 10.6 Å². The minimum atomic E-state index is -0.511. The van der Waals surface area contributed by atoms with Gasteiger partial charge in [-0.15, -0.1) is 0 Å². The first-order chi connectivity index (χ1) is 14.2. The Kier molecular flexibility index (Phi) is 4.43. The van der Waals surface area contributed by atoms with Gasteiger partial charge < -0.3 is 10.6 Å². The van der Waals surface area contributed by atoms with Gasteiger partial charge in [-0.25, -0.2) is 19.9 Å². The molecule has 1 aromatic carbocycles. The standard InChI is InChI=1S/C21H19FN6S/c22-18-17(6-2-7-24-18)14-4-1-5-15(10-14)21-13-28(20-25-8-3-9-26-20)11-16(21)12-29-19(23)27-21/h1-10,16H,11-13H2,(H2,23,27). The number of rotatable bonds is 3. The molecule has 146 valence electrons. The number of halogens is 1. The second-order valence-electron chi connectivity index (χ2n) is 7.23. The summed E-state index contributed by atoms with van der Waals surface area (Å²) in [5.74, 6) is 1.32. The normalized spacial score (nSPS) is 23.6. The molecule has 0 amide bonds. The van der Waals surface area contributed by atoms with Crippen molar-refractivity contribution in [2.24, 2.45) is 16.6 Å². The van der Waals surface area contributed by atoms with Gasteiger partial charge >= 0.3 is 0 Å². The Morgan fingerprint density at radius 2 is 1.90 bits per heavy atom. The summed E-state index contributed by atoms with van der Waals surface area (Å²) in [7, 11) is 0. The topological polar surface area (TPSA) is 80.3 Å². The Bertz CT molecular complexity index is 1080. The zero-order valence-corrected chi connectivity index (χ0v) is 16.4. The molecule has 2 atom stereocenters. The van der Waals surface area contributed by atoms with Gasteiger partial charge in [0.1, 0.15) is 5.54 Å². The maximum atomic E-state index is 14.3. The van der Waals surface area contributed by atoms with Crippen molar-refractivity contribution in [3.05, 3.63) is 72.6 Å². The van der Waals surface area contributed by atoms with E-state index in [0.717, 1.165) is 23.4 Å². The highest BCUT2D eigenvalue weighted by molar-refractivity contribution is 8.13. The van der Waals surface area contributed by atoms with Crippen LogP contribution in [0.2, 0.25) is 0 Å². The van der Waals surface area contributed by atoms with Gasteiger partial charge in [0.25, 0.3) is 0 Å². The van der Waals surface area contributed by atoms with E-state index in [9.17, 15) is 4.39 Å². The molecule has 0 aliphatic carbocycles. The van der Waals surface area contributed by atoms with Crippen LogP contribution in [-0.2, 0) is 5.54 Å². The molecule has 1 fully saturated rings. The Morgan fingerprint density at radius 3 is 2.72 bits per heavy atom. The van der Waals surface area contributed by atoms with Crippen LogP contribution in [-0.4, -0.2) is 39.0 Å². The first-order valence-electron chi connectivity index (χ1n) is 9.37. The van der Waals surface area contributed by atoms with Gasteiger partial charge in [-0.05, 0) is 35.4 Å². The predicted octanol–water partition coefficient (Wildman–Crippen LogP) is 3.07. The largest absolute Gasteiger partial charge is 0.379 e. The molecule has 8 heteroatoms. The van der Waals surface area contributed by atoms with Crippen LogP contribution in [0.4, 0.5) is 10.3 Å². The maximum Gasteiger partial charge on any atom is 0.225 e. The monoisotopic (exact) mass is 406 g/mol. The molecular weight excluding hydrogens is 387 g/mol. The van der Waals surface area contributed by atoms with E-state index in [0.29, 0.717) is 23.2 Å². The number of pyridine rings is 1. The zero-order chi connectivity index (χ0) is 19.8. The highest BCUT2D eigenvalue weighted by Crippen LogP contribution is 2.46. The van der Waals surface area contributed by atoms with Gasteiger partial charge in [0, 0.05) is 42.4 Å². The van der Waals surface area contributed by atoms with E-state index in [4.69, 9.17) is 10.7 Å². The van der Waals surface area contributed by atoms with Gasteiger partial charge in [0.15, 0.2) is 5.17 Å². The summed E-state index contributed by atoms with van der Waals surface area (Å²) in [6.07, 6.45) is 4.94. The number of aliphatic imine (C=N–C) groups is 1. The Morgan fingerprint density at radius 1 is 1.07 bits per heavy atom. The Labute approximate surface area is 172 Å². The molecule has 29 heavy (non-hydrogen) atoms. The number of hydrogen-bond acceptors (Lipinski definition) is 7. The second kappa shape index (κ2) is 7.11. The van der Waals surface area contributed by atoms with E-state index in [2.05, 4.69) is 19.9 Å². The quantitative estimate of drug-likeness (QED) is 0.674. The van der Waals surface area contributed by atoms with Crippen molar-refractivity contribution >= 4 is 22.9 Å². The third-order valence-electron chi connectivity index (χ3n) is 5.56. The van der Waals surface area contributed by atoms with Crippen molar-refractivity contribution in [2.75, 3.05) is 23.7 Å². The summed E-state index contributed by atoms with van der Waals surface area (Å²) < 4.78 is 14.3. The van der Waals surface area contributed by atoms with E-state index in [1.165, 1.54) is 6.20 Å². The number of aromatic nitrogens is 3. The minimum absolute atomic E-state index is 0.248. The minimum Gasteiger partial charge on any atom is -0.379 e. The molecule has 2 aliphatic rings. The molecular formula is C21H19FN6S. The van der Waals surface area contributed by atoms with Gasteiger partial charge in [0.2, 0.25) is 11.9 Å². The number of thioether (sulfide) groups is 1. The molecule has 5 rings (SSSR count). The molecule has 2 aliphatic heterocycles. The van der Waals surface area contributed by atoms with Crippen molar-refractivity contribution in [1.29, 1.82) is 0 Å². The lowest BCUT2D eigenvalue weighted by Gasteiger charge is -2.34. The van der Waals surface area contributed by atoms with Crippen molar-refractivity contribution in [1.82, 2.24) is 15.0 Å². The molecule has 4 heterocycles. The molecule has 2 aromatic heterocycles. The van der Waals surface area contributed by atoms with E-state index in [-0.39, 0.29) is 5.92 Å². The number of anilines is 1. The van der Waals surface area contributed by atoms with Gasteiger partial charge in [-0.2, -0.15) is 4.39 Å². The summed E-state index contributed by atoms with van der Waals surface area (Å²) >= 11 is 1.58. The molecule has 0 saturated carbocycles. The van der Waals surface area contributed by atoms with Crippen LogP contribution in [0, 0.1) is 11.9 Å². The summed E-state index contributed by atoms with van der Waals surface area (Å²) in [6, 6.07) is 13.2. The zero-order valence-electron chi connectivity index (χ0n) is 15.6. The molecule has 6 nitrogen and oxygen atoms in total. The molecule has 2 N–H and O–H groups in total. The van der Waals surface area contributed by atoms with Crippen LogP contribution in [0.5, 0.6) is 0 Å². The lowest BCUT2D eigenvalue weighted by Crippen LogP contribution is -2.40. The predicted molar refractivity (Wildman–Crippen MR) is 113 cm³/mol. The third kappa shape index (κ3) is 3.13. The first kappa shape index (κ1) is 18.1. The average molecular weight is 406 g/mol. The number of hydrogen-bond donors (Lipinski definition) is 1. The summed E-state index contributed by atoms with van der Waals surface area (Å²) in [6.45, 7) is 1.42. The molecule has 0 spiro atoms. The van der Waals surface area contributed by atoms with Crippen LogP contribution in [0.15, 0.2) is 66.0 Å². The number of nitrogens with zero attached hydrogens (tertiary/aromatic N) is 5. The molecule has 1 saturated heterocycles. The van der Waals surface area contributed by atoms with Crippen LogP contribution in [0.1, 0.15) is 5.56 Å². The second-order valence-corrected chi connectivity index (χ2v) is 8.27. The fourth-order valence-electron chi connectivity index (χ4n) is 4.19. The van der Waals surface area contributed by atoms with Crippen LogP contribution >= 0.6 is 11.8 Å². The van der Waals surface area contributed by atoms with Crippen LogP contribution in [0.25, 0.3) is 11.1 Å². The average Bonchev–Trinajstić information content (AvgIpc) is 3.15. The van der Waals surface area contributed by atoms with Gasteiger partial charge in [-0.1, -0.05) is 30.0 Å². The molecule has 0 bridgehead atoms. The summed E-state index contributed by atoms with van der Waals surface area (Å²) in [5.41, 5.74) is 7.93. The van der Waals surface area contributed by atoms with E-state index >= 15 is 0 Å². The Balaban J connectivity index is 1.60. The Hall–Kier alpha value is -3.00. The van der Waals surface area contributed by atoms with Gasteiger partial charge in [0.05, 0.1) is 6.54 Å². The summed E-state index contributed by atoms with van der Waals surface area (Å²) in [5, 5.41) is 0.579. The van der Waals surface area contributed by atoms with Crippen molar-refractivity contribution < 1.29 is 4.39 Å². The number of amidine groups is 1. The van der Waals surface area contributed by atoms with Crippen molar-refractivity contribution in [3.8, 4) is 11.1 Å². The third-order valence-corrected chi connectivity index (χ3v) is 6.51. The highest BCUT2D eigenvalue weighted by Gasteiger charge is 2.50. The maximum absolute atomic E-state index is 14.3. The van der Waals surface area contributed by atoms with E-state index in [1.54, 1.807) is 42.4 Å². The van der Waals surface area contributed by atoms with E-state index in [1.807, 2.05) is 24.3 Å². The number of nitrogens with two attached hydrogens (primary N) is 1. The summed E-state index contributed by atoms with van der Waals surface area (Å²) in [4.78, 5) is 19.7. The molecule has 3 aromatic rings. The smallest absolute Gasteiger partial charge is 0.225 e. The van der Waals surface area contributed by atoms with Crippen molar-refractivity contribution in [3.63, 3.8) is 0 Å². The highest BCUT2D eigenvalue weighted by atomic mass is 32.2. The fourth-order valence-corrected chi connectivity index (χ4v) is 5.17. The first-order valence-corrected chi connectivity index (χ1v) is 10.4. The number of fused-ring (bicyclic) bond motifs is 1. The van der Waals surface area contributed by atoms with Crippen molar-refractivity contribution in [2.45, 2.75) is 5.54 Å². The lowest BCUT2D eigenvalue weighted by molar-refractivity contribution is 0.388. The van der Waals surface area contributed by atoms with Crippen LogP contribution in [0.3, 0.4) is 0 Å².